The third kappa shape index (κ3) is 13.8. The van der Waals surface area contributed by atoms with Crippen LogP contribution in [0.1, 0.15) is 0 Å². The highest BCUT2D eigenvalue weighted by molar-refractivity contribution is 5.24. The lowest BCUT2D eigenvalue weighted by Gasteiger charge is -1.77. The molecule has 0 unspecified atom stereocenters. The molecule has 0 radical (unpaired) electrons. The second-order valence-corrected chi connectivity index (χ2v) is 4.62. The third-order valence-corrected chi connectivity index (χ3v) is 2.67. The Kier molecular flexibility index (Phi) is 12.8. The van der Waals surface area contributed by atoms with Crippen molar-refractivity contribution in [3.8, 4) is 0 Å². The highest BCUT2D eigenvalue weighted by Crippen LogP contribution is 1.88. The molecule has 0 aliphatic heterocycles. The molecular weight excluding hydrogens is 288 g/mol. The van der Waals surface area contributed by atoms with Crippen LogP contribution in [0, 0.1) is 0 Å². The fraction of sp³-hybridized carbons (Fsp3) is 0. The number of allylic oxidation sites excluding steroid dienone is 24. The van der Waals surface area contributed by atoms with E-state index in [0.29, 0.717) is 0 Å². The summed E-state index contributed by atoms with van der Waals surface area (Å²) in [6, 6.07) is 0. The molecule has 0 saturated heterocycles. The minimum atomic E-state index is 2.00. The summed E-state index contributed by atoms with van der Waals surface area (Å²) >= 11 is 0. The van der Waals surface area contributed by atoms with E-state index in [1.54, 1.807) is 0 Å². The van der Waals surface area contributed by atoms with E-state index in [1.807, 2.05) is 146 Å². The molecule has 0 fully saturated rings. The average Bonchev–Trinajstić information content (AvgIpc) is 2.59. The summed E-state index contributed by atoms with van der Waals surface area (Å²) in [6.07, 6.45) is 48.0. The molecule has 0 heteroatoms. The van der Waals surface area contributed by atoms with E-state index in [9.17, 15) is 0 Å². The molecule has 1 rings (SSSR count). The van der Waals surface area contributed by atoms with Gasteiger partial charge in [-0.2, -0.15) is 0 Å². The molecule has 0 aromatic carbocycles. The average molecular weight is 312 g/mol. The van der Waals surface area contributed by atoms with E-state index in [2.05, 4.69) is 0 Å². The van der Waals surface area contributed by atoms with Gasteiger partial charge in [0.25, 0.3) is 0 Å². The van der Waals surface area contributed by atoms with Crippen molar-refractivity contribution < 1.29 is 0 Å². The van der Waals surface area contributed by atoms with Crippen LogP contribution in [-0.2, 0) is 0 Å². The van der Waals surface area contributed by atoms with Gasteiger partial charge in [0.15, 0.2) is 0 Å². The Hall–Kier alpha value is -3.12. The van der Waals surface area contributed by atoms with Crippen LogP contribution in [0.3, 0.4) is 0 Å². The Morgan fingerprint density at radius 1 is 0.0833 bits per heavy atom. The lowest BCUT2D eigenvalue weighted by atomic mass is 10.3. The van der Waals surface area contributed by atoms with E-state index < -0.39 is 0 Å². The van der Waals surface area contributed by atoms with Crippen molar-refractivity contribution in [2.24, 2.45) is 0 Å². The minimum Gasteiger partial charge on any atom is -0.0623 e. The lowest BCUT2D eigenvalue weighted by Crippen LogP contribution is -1.55. The molecule has 0 heterocycles. The number of rotatable bonds is 0. The zero-order valence-corrected chi connectivity index (χ0v) is 13.9. The molecule has 0 aromatic rings. The fourth-order valence-corrected chi connectivity index (χ4v) is 1.54. The van der Waals surface area contributed by atoms with Gasteiger partial charge in [0.05, 0.1) is 0 Å². The molecule has 1 aliphatic carbocycles. The van der Waals surface area contributed by atoms with Gasteiger partial charge in [-0.15, -0.1) is 0 Å². The van der Waals surface area contributed by atoms with Crippen LogP contribution in [0.2, 0.25) is 0 Å². The van der Waals surface area contributed by atoms with Crippen LogP contribution < -0.4 is 0 Å². The van der Waals surface area contributed by atoms with Crippen LogP contribution in [-0.4, -0.2) is 0 Å². The molecule has 24 heavy (non-hydrogen) atoms. The molecule has 0 amide bonds. The predicted octanol–water partition coefficient (Wildman–Crippen LogP) is 6.67. The summed E-state index contributed by atoms with van der Waals surface area (Å²) in [5.41, 5.74) is 0. The van der Waals surface area contributed by atoms with Crippen molar-refractivity contribution in [2.75, 3.05) is 0 Å². The Balaban J connectivity index is 2.67. The summed E-state index contributed by atoms with van der Waals surface area (Å²) in [4.78, 5) is 0. The summed E-state index contributed by atoms with van der Waals surface area (Å²) in [6.45, 7) is 0. The van der Waals surface area contributed by atoms with Gasteiger partial charge >= 0.3 is 0 Å². The van der Waals surface area contributed by atoms with Crippen molar-refractivity contribution in [3.05, 3.63) is 146 Å². The summed E-state index contributed by atoms with van der Waals surface area (Å²) in [5, 5.41) is 0. The smallest absolute Gasteiger partial charge is 0.0623 e. The fourth-order valence-electron chi connectivity index (χ4n) is 1.54. The van der Waals surface area contributed by atoms with Crippen LogP contribution in [0.4, 0.5) is 0 Å². The lowest BCUT2D eigenvalue weighted by molar-refractivity contribution is 1.81. The first kappa shape index (κ1) is 18.9. The molecular formula is C24H24. The van der Waals surface area contributed by atoms with E-state index in [-0.39, 0.29) is 0 Å². The highest BCUT2D eigenvalue weighted by atomic mass is 13.7. The second-order valence-electron chi connectivity index (χ2n) is 4.62. The van der Waals surface area contributed by atoms with Gasteiger partial charge in [0, 0.05) is 0 Å². The van der Waals surface area contributed by atoms with Gasteiger partial charge in [-0.1, -0.05) is 146 Å². The highest BCUT2D eigenvalue weighted by Gasteiger charge is 1.67. The van der Waals surface area contributed by atoms with Gasteiger partial charge in [0.1, 0.15) is 0 Å². The normalized spacial score (nSPS) is 29.3. The second kappa shape index (κ2) is 16.3. The van der Waals surface area contributed by atoms with Crippen molar-refractivity contribution in [1.29, 1.82) is 0 Å². The van der Waals surface area contributed by atoms with E-state index in [0.717, 1.165) is 0 Å². The minimum absolute atomic E-state index is 2.00. The monoisotopic (exact) mass is 312 g/mol. The van der Waals surface area contributed by atoms with E-state index in [1.165, 1.54) is 0 Å². The first-order valence-electron chi connectivity index (χ1n) is 8.00. The Bertz CT molecular complexity index is 398. The summed E-state index contributed by atoms with van der Waals surface area (Å²) in [5.74, 6) is 0. The molecule has 1 aliphatic rings. The quantitative estimate of drug-likeness (QED) is 0.468. The maximum Gasteiger partial charge on any atom is -0.0623 e. The topological polar surface area (TPSA) is 0 Å². The van der Waals surface area contributed by atoms with Crippen LogP contribution >= 0.6 is 0 Å². The van der Waals surface area contributed by atoms with Crippen LogP contribution in [0.25, 0.3) is 0 Å². The van der Waals surface area contributed by atoms with Gasteiger partial charge in [-0.05, 0) is 0 Å². The van der Waals surface area contributed by atoms with Crippen molar-refractivity contribution >= 4 is 0 Å². The van der Waals surface area contributed by atoms with Gasteiger partial charge in [0.2, 0.25) is 0 Å². The van der Waals surface area contributed by atoms with Crippen molar-refractivity contribution in [3.63, 3.8) is 0 Å². The zero-order valence-electron chi connectivity index (χ0n) is 13.9. The van der Waals surface area contributed by atoms with Crippen molar-refractivity contribution in [1.82, 2.24) is 0 Å². The van der Waals surface area contributed by atoms with Gasteiger partial charge in [-0.3, -0.25) is 0 Å². The van der Waals surface area contributed by atoms with Gasteiger partial charge < -0.3 is 0 Å². The maximum atomic E-state index is 2.00. The Morgan fingerprint density at radius 3 is 0.167 bits per heavy atom. The van der Waals surface area contributed by atoms with E-state index in [4.69, 9.17) is 0 Å². The Morgan fingerprint density at radius 2 is 0.125 bits per heavy atom. The molecule has 0 atom stereocenters. The van der Waals surface area contributed by atoms with E-state index >= 15 is 0 Å². The molecule has 0 saturated carbocycles. The zero-order chi connectivity index (χ0) is 17.0. The standard InChI is InChI=1S/C24H24/c1-2-4-6-8-10-12-14-16-18-20-22-24-23-21-19-17-15-13-11-9-7-5-3-1/h1-24H/b2-1-,3-1?,4-2?,5-3+,6-4+,7-5?,8-6?,9-7+,10-8+,11-9?,12-10?,13-11+,14-12+,15-13?,16-14?,17-15-,18-16?,19-17?,20-18?,21-19+,22-20?,23-21?,24-22?,24-23+. The SMILES string of the molecule is C1=C/C=C/C=C/C=C\C=C\C=C\C=C\C=C/C=C/C=C/C=C/C=C1. The van der Waals surface area contributed by atoms with Gasteiger partial charge in [-0.25, -0.2) is 0 Å². The van der Waals surface area contributed by atoms with Crippen LogP contribution in [0.15, 0.2) is 146 Å². The summed E-state index contributed by atoms with van der Waals surface area (Å²) in [7, 11) is 0. The molecule has 120 valence electrons. The Labute approximate surface area is 146 Å². The third-order valence-electron chi connectivity index (χ3n) is 2.67. The van der Waals surface area contributed by atoms with Crippen molar-refractivity contribution in [2.45, 2.75) is 0 Å². The largest absolute Gasteiger partial charge is 0.0623 e. The first-order valence-corrected chi connectivity index (χ1v) is 8.00. The summed E-state index contributed by atoms with van der Waals surface area (Å²) < 4.78 is 0. The molecule has 0 N–H and O–H groups in total. The molecule has 0 nitrogen and oxygen atoms in total. The molecule has 0 bridgehead atoms. The molecule has 0 spiro atoms. The number of hydrogen-bond acceptors (Lipinski definition) is 0. The maximum absolute atomic E-state index is 2.00. The van der Waals surface area contributed by atoms with Crippen LogP contribution in [0.5, 0.6) is 0 Å². The molecule has 0 aromatic heterocycles. The predicted molar refractivity (Wildman–Crippen MR) is 110 cm³/mol. The first-order chi connectivity index (χ1) is 12.0. The number of hydrogen-bond donors (Lipinski definition) is 0.